The minimum atomic E-state index is -3.09. The van der Waals surface area contributed by atoms with E-state index < -0.39 is 15.4 Å². The Kier molecular flexibility index (Phi) is 4.34. The van der Waals surface area contributed by atoms with E-state index in [1.165, 1.54) is 12.1 Å². The van der Waals surface area contributed by atoms with Gasteiger partial charge in [0.2, 0.25) is 0 Å². The lowest BCUT2D eigenvalue weighted by Crippen LogP contribution is -2.60. The van der Waals surface area contributed by atoms with E-state index in [2.05, 4.69) is 0 Å². The molecule has 1 aromatic rings. The molecule has 1 aromatic carbocycles. The van der Waals surface area contributed by atoms with Gasteiger partial charge in [0, 0.05) is 18.8 Å². The Bertz CT molecular complexity index is 576. The quantitative estimate of drug-likeness (QED) is 0.916. The van der Waals surface area contributed by atoms with Gasteiger partial charge in [-0.1, -0.05) is 6.07 Å². The monoisotopic (exact) mass is 300 g/mol. The maximum Gasteiger partial charge on any atom is 0.152 e. The summed E-state index contributed by atoms with van der Waals surface area (Å²) in [5, 5.41) is 0. The lowest BCUT2D eigenvalue weighted by Gasteiger charge is -2.46. The largest absolute Gasteiger partial charge is 0.364 e. The van der Waals surface area contributed by atoms with Gasteiger partial charge in [-0.05, 0) is 38.0 Å². The highest BCUT2D eigenvalue weighted by atomic mass is 32.2. The van der Waals surface area contributed by atoms with E-state index in [1.54, 1.807) is 12.1 Å². The van der Waals surface area contributed by atoms with E-state index in [-0.39, 0.29) is 23.9 Å². The van der Waals surface area contributed by atoms with Crippen LogP contribution in [0.4, 0.5) is 10.1 Å². The molecule has 1 aliphatic rings. The first-order valence-corrected chi connectivity index (χ1v) is 8.68. The van der Waals surface area contributed by atoms with Gasteiger partial charge in [0.05, 0.1) is 17.0 Å². The van der Waals surface area contributed by atoms with Crippen LogP contribution in [0.1, 0.15) is 19.8 Å². The topological polar surface area (TPSA) is 63.4 Å². The van der Waals surface area contributed by atoms with Crippen molar-refractivity contribution in [3.05, 3.63) is 30.1 Å². The zero-order valence-electron chi connectivity index (χ0n) is 11.7. The third-order valence-electron chi connectivity index (χ3n) is 3.97. The molecule has 0 aliphatic carbocycles. The highest BCUT2D eigenvalue weighted by molar-refractivity contribution is 7.91. The van der Waals surface area contributed by atoms with Crippen molar-refractivity contribution in [2.45, 2.75) is 25.3 Å². The molecular formula is C14H21FN2O2S. The van der Waals surface area contributed by atoms with Crippen molar-refractivity contribution in [2.24, 2.45) is 5.73 Å². The van der Waals surface area contributed by atoms with Crippen LogP contribution in [0.15, 0.2) is 24.3 Å². The number of hydrogen-bond acceptors (Lipinski definition) is 4. The number of likely N-dealkylation sites (N-methyl/N-ethyl adjacent to an activating group) is 1. The molecule has 1 unspecified atom stereocenters. The molecule has 0 amide bonds. The highest BCUT2D eigenvalue weighted by Crippen LogP contribution is 2.32. The minimum Gasteiger partial charge on any atom is -0.364 e. The van der Waals surface area contributed by atoms with Crippen molar-refractivity contribution in [3.63, 3.8) is 0 Å². The van der Waals surface area contributed by atoms with Gasteiger partial charge in [-0.25, -0.2) is 12.8 Å². The van der Waals surface area contributed by atoms with Crippen molar-refractivity contribution in [2.75, 3.05) is 29.5 Å². The fourth-order valence-electron chi connectivity index (χ4n) is 3.09. The number of sulfone groups is 1. The first kappa shape index (κ1) is 15.3. The van der Waals surface area contributed by atoms with Crippen LogP contribution in [0.3, 0.4) is 0 Å². The summed E-state index contributed by atoms with van der Waals surface area (Å²) in [5.74, 6) is -0.0668. The predicted octanol–water partition coefficient (Wildman–Crippen LogP) is 1.56. The average molecular weight is 300 g/mol. The molecule has 0 spiro atoms. The van der Waals surface area contributed by atoms with Gasteiger partial charge in [0.15, 0.2) is 9.84 Å². The molecule has 1 atom stereocenters. The summed E-state index contributed by atoms with van der Waals surface area (Å²) in [7, 11) is -3.09. The lowest BCUT2D eigenvalue weighted by atomic mass is 9.92. The number of rotatable bonds is 4. The van der Waals surface area contributed by atoms with E-state index in [9.17, 15) is 12.8 Å². The maximum absolute atomic E-state index is 13.4. The van der Waals surface area contributed by atoms with Gasteiger partial charge in [-0.3, -0.25) is 0 Å². The Morgan fingerprint density at radius 3 is 2.75 bits per heavy atom. The molecule has 1 heterocycles. The molecule has 1 saturated heterocycles. The van der Waals surface area contributed by atoms with Crippen LogP contribution < -0.4 is 10.6 Å². The zero-order chi connectivity index (χ0) is 14.8. The summed E-state index contributed by atoms with van der Waals surface area (Å²) in [6, 6.07) is 6.24. The van der Waals surface area contributed by atoms with Gasteiger partial charge in [-0.15, -0.1) is 0 Å². The molecule has 0 radical (unpaired) electrons. The van der Waals surface area contributed by atoms with Crippen molar-refractivity contribution in [1.82, 2.24) is 0 Å². The maximum atomic E-state index is 13.4. The number of anilines is 1. The average Bonchev–Trinajstić information content (AvgIpc) is 2.38. The normalized spacial score (nSPS) is 25.4. The summed E-state index contributed by atoms with van der Waals surface area (Å²) in [4.78, 5) is 1.94. The Morgan fingerprint density at radius 1 is 1.45 bits per heavy atom. The predicted molar refractivity (Wildman–Crippen MR) is 79.1 cm³/mol. The number of hydrogen-bond donors (Lipinski definition) is 1. The molecule has 2 rings (SSSR count). The second kappa shape index (κ2) is 5.69. The van der Waals surface area contributed by atoms with E-state index in [0.29, 0.717) is 25.1 Å². The second-order valence-corrected chi connectivity index (χ2v) is 7.53. The third-order valence-corrected chi connectivity index (χ3v) is 5.86. The van der Waals surface area contributed by atoms with Crippen LogP contribution in [0.5, 0.6) is 0 Å². The summed E-state index contributed by atoms with van der Waals surface area (Å²) in [6.45, 7) is 2.77. The molecule has 0 saturated carbocycles. The Hall–Kier alpha value is -1.14. The molecule has 0 aromatic heterocycles. The second-order valence-electron chi connectivity index (χ2n) is 5.35. The molecule has 1 aliphatic heterocycles. The first-order chi connectivity index (χ1) is 9.42. The van der Waals surface area contributed by atoms with Crippen LogP contribution in [-0.2, 0) is 9.84 Å². The zero-order valence-corrected chi connectivity index (χ0v) is 12.5. The van der Waals surface area contributed by atoms with Crippen molar-refractivity contribution >= 4 is 15.5 Å². The van der Waals surface area contributed by atoms with Crippen LogP contribution >= 0.6 is 0 Å². The SMILES string of the molecule is CCN(c1cccc(F)c1)C1(CN)CCCS(=O)(=O)C1. The molecule has 0 bridgehead atoms. The van der Waals surface area contributed by atoms with Crippen molar-refractivity contribution < 1.29 is 12.8 Å². The first-order valence-electron chi connectivity index (χ1n) is 6.86. The van der Waals surface area contributed by atoms with Crippen LogP contribution in [0, 0.1) is 5.82 Å². The van der Waals surface area contributed by atoms with Gasteiger partial charge in [0.25, 0.3) is 0 Å². The van der Waals surface area contributed by atoms with Crippen LogP contribution in [0.2, 0.25) is 0 Å². The molecule has 20 heavy (non-hydrogen) atoms. The lowest BCUT2D eigenvalue weighted by molar-refractivity contribution is 0.385. The van der Waals surface area contributed by atoms with E-state index >= 15 is 0 Å². The molecular weight excluding hydrogens is 279 g/mol. The van der Waals surface area contributed by atoms with E-state index in [1.807, 2.05) is 11.8 Å². The Labute approximate surface area is 119 Å². The number of nitrogens with two attached hydrogens (primary N) is 1. The number of halogens is 1. The van der Waals surface area contributed by atoms with Gasteiger partial charge in [-0.2, -0.15) is 0 Å². The molecule has 6 heteroatoms. The van der Waals surface area contributed by atoms with E-state index in [0.717, 1.165) is 0 Å². The summed E-state index contributed by atoms with van der Waals surface area (Å²) < 4.78 is 37.4. The van der Waals surface area contributed by atoms with Crippen LogP contribution in [-0.4, -0.2) is 38.6 Å². The standard InChI is InChI=1S/C14H21FN2O2S/c1-2-17(13-6-3-5-12(15)9-13)14(10-16)7-4-8-20(18,19)11-14/h3,5-6,9H,2,4,7-8,10-11,16H2,1H3. The number of nitrogens with zero attached hydrogens (tertiary/aromatic N) is 1. The third kappa shape index (κ3) is 2.96. The van der Waals surface area contributed by atoms with Crippen LogP contribution in [0.25, 0.3) is 0 Å². The minimum absolute atomic E-state index is 0.0425. The molecule has 4 nitrogen and oxygen atoms in total. The van der Waals surface area contributed by atoms with Crippen molar-refractivity contribution in [1.29, 1.82) is 0 Å². The summed E-state index contributed by atoms with van der Waals surface area (Å²) in [6.07, 6.45) is 1.32. The van der Waals surface area contributed by atoms with Gasteiger partial charge < -0.3 is 10.6 Å². The number of benzene rings is 1. The smallest absolute Gasteiger partial charge is 0.152 e. The molecule has 1 fully saturated rings. The Balaban J connectivity index is 2.42. The van der Waals surface area contributed by atoms with Crippen molar-refractivity contribution in [3.8, 4) is 0 Å². The Morgan fingerprint density at radius 2 is 2.20 bits per heavy atom. The van der Waals surface area contributed by atoms with Gasteiger partial charge in [0.1, 0.15) is 5.82 Å². The fraction of sp³-hybridized carbons (Fsp3) is 0.571. The highest BCUT2D eigenvalue weighted by Gasteiger charge is 2.42. The molecule has 112 valence electrons. The van der Waals surface area contributed by atoms with Gasteiger partial charge >= 0.3 is 0 Å². The summed E-state index contributed by atoms with van der Waals surface area (Å²) in [5.41, 5.74) is 5.98. The molecule has 2 N–H and O–H groups in total. The fourth-order valence-corrected chi connectivity index (χ4v) is 5.06. The van der Waals surface area contributed by atoms with E-state index in [4.69, 9.17) is 5.73 Å². The summed E-state index contributed by atoms with van der Waals surface area (Å²) >= 11 is 0.